The molecule has 2 nitrogen and oxygen atoms in total. The molecule has 1 N–H and O–H groups in total. The van der Waals surface area contributed by atoms with Gasteiger partial charge in [0, 0.05) is 32.2 Å². The molecule has 0 unspecified atom stereocenters. The molecule has 0 aromatic heterocycles. The van der Waals surface area contributed by atoms with Crippen molar-refractivity contribution in [3.8, 4) is 0 Å². The smallest absolute Gasteiger partial charge is 0.137 e. The number of piperazine rings is 1. The van der Waals surface area contributed by atoms with Crippen LogP contribution < -0.4 is 5.32 Å². The quantitative estimate of drug-likeness (QED) is 0.660. The van der Waals surface area contributed by atoms with Crippen LogP contribution in [0.15, 0.2) is 22.7 Å². The van der Waals surface area contributed by atoms with E-state index in [9.17, 15) is 4.39 Å². The molecule has 1 aliphatic heterocycles. The largest absolute Gasteiger partial charge is 0.314 e. The first-order valence-corrected chi connectivity index (χ1v) is 8.41. The van der Waals surface area contributed by atoms with Gasteiger partial charge in [-0.3, -0.25) is 4.90 Å². The van der Waals surface area contributed by atoms with Gasteiger partial charge in [0.1, 0.15) is 5.82 Å². The highest BCUT2D eigenvalue weighted by Gasteiger charge is 2.22. The summed E-state index contributed by atoms with van der Waals surface area (Å²) in [6.45, 7) is 6.48. The van der Waals surface area contributed by atoms with Crippen LogP contribution in [0.1, 0.15) is 44.2 Å². The van der Waals surface area contributed by atoms with Crippen molar-refractivity contribution in [1.29, 1.82) is 0 Å². The maximum atomic E-state index is 13.4. The Hall–Kier alpha value is 0.130. The van der Waals surface area contributed by atoms with Crippen LogP contribution in [0.25, 0.3) is 0 Å². The van der Waals surface area contributed by atoms with E-state index >= 15 is 0 Å². The van der Waals surface area contributed by atoms with Crippen LogP contribution in [-0.4, -0.2) is 31.1 Å². The summed E-state index contributed by atoms with van der Waals surface area (Å²) in [6.07, 6.45) is 4.90. The van der Waals surface area contributed by atoms with Gasteiger partial charge in [0.25, 0.3) is 0 Å². The minimum absolute atomic E-state index is 0. The van der Waals surface area contributed by atoms with Crippen LogP contribution in [0.4, 0.5) is 4.39 Å². The molecule has 1 saturated heterocycles. The highest BCUT2D eigenvalue weighted by Crippen LogP contribution is 2.29. The average Bonchev–Trinajstić information content (AvgIpc) is 2.48. The van der Waals surface area contributed by atoms with E-state index in [4.69, 9.17) is 0 Å². The highest BCUT2D eigenvalue weighted by atomic mass is 79.9. The molecule has 1 aromatic rings. The third-order valence-corrected chi connectivity index (χ3v) is 4.61. The number of nitrogens with one attached hydrogen (secondary N) is 1. The second kappa shape index (κ2) is 11.6. The summed E-state index contributed by atoms with van der Waals surface area (Å²) in [7, 11) is 0. The molecule has 0 saturated carbocycles. The topological polar surface area (TPSA) is 15.3 Å². The average molecular weight is 416 g/mol. The molecule has 0 radical (unpaired) electrons. The number of unbranched alkanes of at least 4 members (excludes halogenated alkanes) is 2. The van der Waals surface area contributed by atoms with Gasteiger partial charge in [-0.1, -0.05) is 32.3 Å². The van der Waals surface area contributed by atoms with Crippen molar-refractivity contribution >= 4 is 40.7 Å². The molecule has 1 aliphatic rings. The Labute approximate surface area is 154 Å². The Morgan fingerprint density at radius 3 is 2.50 bits per heavy atom. The van der Waals surface area contributed by atoms with E-state index in [1.165, 1.54) is 24.8 Å². The lowest BCUT2D eigenvalue weighted by atomic mass is 9.98. The summed E-state index contributed by atoms with van der Waals surface area (Å²) >= 11 is 3.31. The zero-order chi connectivity index (χ0) is 14.4. The van der Waals surface area contributed by atoms with Gasteiger partial charge in [-0.2, -0.15) is 0 Å². The molecule has 1 fully saturated rings. The Morgan fingerprint density at radius 1 is 1.23 bits per heavy atom. The summed E-state index contributed by atoms with van der Waals surface area (Å²) < 4.78 is 14.0. The fourth-order valence-electron chi connectivity index (χ4n) is 2.86. The zero-order valence-electron chi connectivity index (χ0n) is 13.0. The zero-order valence-corrected chi connectivity index (χ0v) is 16.2. The molecule has 1 heterocycles. The van der Waals surface area contributed by atoms with Crippen molar-refractivity contribution in [3.63, 3.8) is 0 Å². The van der Waals surface area contributed by atoms with E-state index in [-0.39, 0.29) is 30.6 Å². The van der Waals surface area contributed by atoms with Gasteiger partial charge >= 0.3 is 0 Å². The molecule has 1 aromatic carbocycles. The van der Waals surface area contributed by atoms with Gasteiger partial charge < -0.3 is 5.32 Å². The fraction of sp³-hybridized carbons (Fsp3) is 0.625. The Kier molecular flexibility index (Phi) is 11.7. The minimum atomic E-state index is -0.179. The predicted molar refractivity (Wildman–Crippen MR) is 99.9 cm³/mol. The molecule has 1 atom stereocenters. The Balaban J connectivity index is 0.00000220. The van der Waals surface area contributed by atoms with Crippen LogP contribution in [-0.2, 0) is 0 Å². The summed E-state index contributed by atoms with van der Waals surface area (Å²) in [5.74, 6) is -0.179. The standard InChI is InChI=1S/C16H24BrFN2.2ClH/c1-2-3-4-5-16(20-10-8-19-9-11-20)13-6-7-15(18)14(17)12-13;;/h6-7,12,16,19H,2-5,8-11H2,1H3;2*1H/t16-;;/m0../s1. The molecular weight excluding hydrogens is 390 g/mol. The molecule has 128 valence electrons. The molecule has 2 rings (SSSR count). The van der Waals surface area contributed by atoms with Crippen LogP contribution in [0, 0.1) is 5.82 Å². The van der Waals surface area contributed by atoms with Crippen molar-refractivity contribution in [3.05, 3.63) is 34.1 Å². The predicted octanol–water partition coefficient (Wildman–Crippen LogP) is 4.96. The maximum absolute atomic E-state index is 13.4. The lowest BCUT2D eigenvalue weighted by molar-refractivity contribution is 0.162. The molecular formula is C16H26BrCl2FN2. The van der Waals surface area contributed by atoms with Crippen molar-refractivity contribution in [2.45, 2.75) is 38.6 Å². The molecule has 0 amide bonds. The third-order valence-electron chi connectivity index (χ3n) is 4.00. The molecule has 0 spiro atoms. The summed E-state index contributed by atoms with van der Waals surface area (Å²) in [4.78, 5) is 2.53. The van der Waals surface area contributed by atoms with Crippen molar-refractivity contribution in [2.75, 3.05) is 26.2 Å². The molecule has 0 bridgehead atoms. The van der Waals surface area contributed by atoms with Crippen molar-refractivity contribution in [2.24, 2.45) is 0 Å². The van der Waals surface area contributed by atoms with Gasteiger partial charge in [-0.25, -0.2) is 4.39 Å². The van der Waals surface area contributed by atoms with E-state index in [0.717, 1.165) is 32.6 Å². The van der Waals surface area contributed by atoms with Gasteiger partial charge in [0.05, 0.1) is 4.47 Å². The monoisotopic (exact) mass is 414 g/mol. The number of hydrogen-bond donors (Lipinski definition) is 1. The second-order valence-electron chi connectivity index (χ2n) is 5.47. The summed E-state index contributed by atoms with van der Waals surface area (Å²) in [5, 5.41) is 3.40. The van der Waals surface area contributed by atoms with E-state index in [1.807, 2.05) is 12.1 Å². The van der Waals surface area contributed by atoms with Gasteiger partial charge in [-0.15, -0.1) is 24.8 Å². The van der Waals surface area contributed by atoms with Crippen LogP contribution in [0.3, 0.4) is 0 Å². The lowest BCUT2D eigenvalue weighted by Gasteiger charge is -2.35. The number of nitrogens with zero attached hydrogens (tertiary/aromatic N) is 1. The van der Waals surface area contributed by atoms with Crippen LogP contribution >= 0.6 is 40.7 Å². The third kappa shape index (κ3) is 6.32. The number of hydrogen-bond acceptors (Lipinski definition) is 2. The first-order chi connectivity index (χ1) is 9.72. The van der Waals surface area contributed by atoms with Crippen LogP contribution in [0.2, 0.25) is 0 Å². The number of rotatable bonds is 6. The van der Waals surface area contributed by atoms with Crippen LogP contribution in [0.5, 0.6) is 0 Å². The second-order valence-corrected chi connectivity index (χ2v) is 6.33. The number of benzene rings is 1. The van der Waals surface area contributed by atoms with Crippen molar-refractivity contribution in [1.82, 2.24) is 10.2 Å². The van der Waals surface area contributed by atoms with E-state index in [2.05, 4.69) is 33.1 Å². The normalized spacial score (nSPS) is 16.5. The first kappa shape index (κ1) is 22.1. The number of halogens is 4. The minimum Gasteiger partial charge on any atom is -0.314 e. The maximum Gasteiger partial charge on any atom is 0.137 e. The van der Waals surface area contributed by atoms with E-state index in [0.29, 0.717) is 10.5 Å². The summed E-state index contributed by atoms with van der Waals surface area (Å²) in [5.41, 5.74) is 1.23. The van der Waals surface area contributed by atoms with E-state index in [1.54, 1.807) is 6.07 Å². The van der Waals surface area contributed by atoms with Gasteiger partial charge in [0.2, 0.25) is 0 Å². The Morgan fingerprint density at radius 2 is 1.91 bits per heavy atom. The summed E-state index contributed by atoms with van der Waals surface area (Å²) in [6, 6.07) is 5.89. The first-order valence-electron chi connectivity index (χ1n) is 7.62. The van der Waals surface area contributed by atoms with Gasteiger partial charge in [-0.05, 0) is 40.0 Å². The molecule has 22 heavy (non-hydrogen) atoms. The molecule has 6 heteroatoms. The highest BCUT2D eigenvalue weighted by molar-refractivity contribution is 9.10. The Bertz CT molecular complexity index is 429. The fourth-order valence-corrected chi connectivity index (χ4v) is 3.26. The van der Waals surface area contributed by atoms with Gasteiger partial charge in [0.15, 0.2) is 0 Å². The SMILES string of the molecule is CCCCC[C@@H](c1ccc(F)c(Br)c1)N1CCNCC1.Cl.Cl. The lowest BCUT2D eigenvalue weighted by Crippen LogP contribution is -2.45. The molecule has 0 aliphatic carbocycles. The van der Waals surface area contributed by atoms with E-state index < -0.39 is 0 Å². The van der Waals surface area contributed by atoms with Crippen molar-refractivity contribution < 1.29 is 4.39 Å².